The molecule has 0 aliphatic heterocycles. The van der Waals surface area contributed by atoms with Crippen LogP contribution < -0.4 is 0 Å². The molecule has 3 aliphatic rings. The molecule has 1 fully saturated rings. The van der Waals surface area contributed by atoms with Crippen LogP contribution in [0.4, 0.5) is 0 Å². The molecule has 3 aliphatic carbocycles. The van der Waals surface area contributed by atoms with Crippen molar-refractivity contribution in [1.82, 2.24) is 0 Å². The van der Waals surface area contributed by atoms with Crippen molar-refractivity contribution in [1.29, 1.82) is 0 Å². The maximum atomic E-state index is 12.6. The third-order valence-electron chi connectivity index (χ3n) is 6.33. The van der Waals surface area contributed by atoms with E-state index in [0.29, 0.717) is 24.2 Å². The van der Waals surface area contributed by atoms with Gasteiger partial charge in [0.25, 0.3) is 0 Å². The minimum Gasteiger partial charge on any atom is -0.508 e. The molecule has 2 nitrogen and oxygen atoms in total. The molecular formula is C20H20AcO2. The van der Waals surface area contributed by atoms with Crippen LogP contribution in [0.3, 0.4) is 0 Å². The van der Waals surface area contributed by atoms with E-state index in [4.69, 9.17) is 6.42 Å². The van der Waals surface area contributed by atoms with Gasteiger partial charge in [-0.15, -0.1) is 6.42 Å². The van der Waals surface area contributed by atoms with Crippen LogP contribution in [-0.2, 0) is 0 Å². The van der Waals surface area contributed by atoms with Crippen LogP contribution in [0, 0.1) is 73.7 Å². The van der Waals surface area contributed by atoms with Crippen LogP contribution in [0.2, 0.25) is 0 Å². The Labute approximate surface area is 173 Å². The van der Waals surface area contributed by atoms with E-state index in [1.54, 1.807) is 12.1 Å². The Hall–Kier alpha value is -0.568. The largest absolute Gasteiger partial charge is 0.508 e. The minimum atomic E-state index is 0. The van der Waals surface area contributed by atoms with Crippen molar-refractivity contribution in [3.05, 3.63) is 41.0 Å². The summed E-state index contributed by atoms with van der Waals surface area (Å²) in [6.45, 7) is 2.28. The van der Waals surface area contributed by atoms with Gasteiger partial charge in [0.15, 0.2) is 5.78 Å². The van der Waals surface area contributed by atoms with Crippen LogP contribution in [0.15, 0.2) is 29.8 Å². The zero-order valence-corrected chi connectivity index (χ0v) is 18.1. The van der Waals surface area contributed by atoms with Gasteiger partial charge in [0.05, 0.1) is 0 Å². The number of carbonyl (C=O) groups is 1. The average Bonchev–Trinajstić information content (AvgIpc) is 2.84. The molecule has 3 unspecified atom stereocenters. The second-order valence-electron chi connectivity index (χ2n) is 7.23. The third-order valence-corrected chi connectivity index (χ3v) is 6.33. The summed E-state index contributed by atoms with van der Waals surface area (Å²) < 4.78 is 0. The van der Waals surface area contributed by atoms with E-state index in [1.807, 2.05) is 6.07 Å². The first-order valence-corrected chi connectivity index (χ1v) is 8.08. The fourth-order valence-corrected chi connectivity index (χ4v) is 5.18. The van der Waals surface area contributed by atoms with E-state index < -0.39 is 0 Å². The number of benzene rings is 1. The molecule has 0 saturated heterocycles. The number of rotatable bonds is 0. The zero-order valence-electron chi connectivity index (χ0n) is 13.4. The number of aromatic hydroxyl groups is 1. The quantitative estimate of drug-likeness (QED) is 0.526. The average molecular weight is 519 g/mol. The Kier molecular flexibility index (Phi) is 4.55. The molecule has 1 aromatic rings. The summed E-state index contributed by atoms with van der Waals surface area (Å²) in [4.78, 5) is 12.6. The number of ketones is 1. The van der Waals surface area contributed by atoms with E-state index in [9.17, 15) is 9.90 Å². The second-order valence-corrected chi connectivity index (χ2v) is 7.23. The minimum absolute atomic E-state index is 0. The van der Waals surface area contributed by atoms with E-state index in [0.717, 1.165) is 36.0 Å². The molecule has 0 spiro atoms. The predicted molar refractivity (Wildman–Crippen MR) is 85.6 cm³/mol. The molecule has 23 heavy (non-hydrogen) atoms. The van der Waals surface area contributed by atoms with Crippen molar-refractivity contribution in [2.45, 2.75) is 38.5 Å². The zero-order chi connectivity index (χ0) is 15.5. The molecule has 0 aromatic heterocycles. The van der Waals surface area contributed by atoms with Crippen molar-refractivity contribution in [3.63, 3.8) is 0 Å². The van der Waals surface area contributed by atoms with Gasteiger partial charge >= 0.3 is 0 Å². The van der Waals surface area contributed by atoms with Gasteiger partial charge in [-0.25, -0.2) is 0 Å². The molecule has 1 radical (unpaired) electrons. The van der Waals surface area contributed by atoms with Crippen LogP contribution in [-0.4, -0.2) is 10.9 Å². The number of carbonyl (C=O) groups excluding carboxylic acids is 1. The van der Waals surface area contributed by atoms with Crippen LogP contribution in [0.5, 0.6) is 5.75 Å². The summed E-state index contributed by atoms with van der Waals surface area (Å²) in [5, 5.41) is 9.68. The summed E-state index contributed by atoms with van der Waals surface area (Å²) in [7, 11) is 0. The van der Waals surface area contributed by atoms with Gasteiger partial charge in [-0.1, -0.05) is 25.0 Å². The Morgan fingerprint density at radius 2 is 2.17 bits per heavy atom. The number of terminal acetylenes is 1. The van der Waals surface area contributed by atoms with Crippen molar-refractivity contribution in [2.75, 3.05) is 0 Å². The standard InChI is InChI=1S/C20H20O2.Ac/c1-3-12-4-7-18-16-11-19(22)17-10-13(21)5-6-14(17)15(16)8-9-20(12,18)2;/h1,4-6,10,15-16,18,21H,7-9,11H2,2H3;/t15?,16?,18?,20-;/m1./s1. The van der Waals surface area contributed by atoms with Gasteiger partial charge in [-0.3, -0.25) is 4.79 Å². The summed E-state index contributed by atoms with van der Waals surface area (Å²) in [6, 6.07) is 5.30. The molecule has 4 rings (SSSR count). The summed E-state index contributed by atoms with van der Waals surface area (Å²) in [5.74, 6) is 4.52. The van der Waals surface area contributed by atoms with Gasteiger partial charge in [0, 0.05) is 67.0 Å². The van der Waals surface area contributed by atoms with Gasteiger partial charge in [-0.05, 0) is 54.7 Å². The molecule has 4 atom stereocenters. The van der Waals surface area contributed by atoms with E-state index >= 15 is 0 Å². The molecule has 1 aromatic carbocycles. The van der Waals surface area contributed by atoms with Crippen LogP contribution >= 0.6 is 0 Å². The van der Waals surface area contributed by atoms with E-state index in [1.165, 1.54) is 0 Å². The van der Waals surface area contributed by atoms with E-state index in [2.05, 4.69) is 18.9 Å². The first-order valence-electron chi connectivity index (χ1n) is 8.08. The Balaban J connectivity index is 0.00000156. The molecule has 1 N–H and O–H groups in total. The van der Waals surface area contributed by atoms with E-state index in [-0.39, 0.29) is 61.0 Å². The number of phenols is 1. The molecular weight excluding hydrogens is 499 g/mol. The van der Waals surface area contributed by atoms with Crippen molar-refractivity contribution in [3.8, 4) is 18.1 Å². The van der Waals surface area contributed by atoms with Crippen LogP contribution in [0.25, 0.3) is 0 Å². The predicted octanol–water partition coefficient (Wildman–Crippen LogP) is 4.06. The second kappa shape index (κ2) is 6.06. The molecule has 0 heterocycles. The SMILES string of the molecule is C#CC1=CCC2C3CC(=O)c4cc(O)ccc4C3CC[C@]12C.[Ac]. The normalized spacial score (nSPS) is 34.3. The Morgan fingerprint density at radius 3 is 2.91 bits per heavy atom. The van der Waals surface area contributed by atoms with Crippen molar-refractivity contribution >= 4 is 5.78 Å². The van der Waals surface area contributed by atoms with Gasteiger partial charge in [0.2, 0.25) is 0 Å². The summed E-state index contributed by atoms with van der Waals surface area (Å²) >= 11 is 0. The fraction of sp³-hybridized carbons (Fsp3) is 0.450. The first kappa shape index (κ1) is 17.3. The van der Waals surface area contributed by atoms with Crippen molar-refractivity contribution < 1.29 is 54.0 Å². The number of fused-ring (bicyclic) bond motifs is 5. The van der Waals surface area contributed by atoms with Crippen molar-refractivity contribution in [2.24, 2.45) is 17.3 Å². The van der Waals surface area contributed by atoms with Gasteiger partial charge in [0.1, 0.15) is 5.75 Å². The molecule has 0 amide bonds. The first-order chi connectivity index (χ1) is 10.5. The molecule has 115 valence electrons. The Morgan fingerprint density at radius 1 is 1.39 bits per heavy atom. The van der Waals surface area contributed by atoms with Gasteiger partial charge in [-0.2, -0.15) is 0 Å². The summed E-state index contributed by atoms with van der Waals surface area (Å²) in [6.07, 6.45) is 11.7. The molecule has 3 heteroatoms. The number of allylic oxidation sites excluding steroid dienone is 2. The Bertz CT molecular complexity index is 742. The number of phenolic OH excluding ortho intramolecular Hbond substituents is 1. The topological polar surface area (TPSA) is 37.3 Å². The smallest absolute Gasteiger partial charge is 0.163 e. The maximum absolute atomic E-state index is 12.6. The van der Waals surface area contributed by atoms with Gasteiger partial charge < -0.3 is 5.11 Å². The number of hydrogen-bond acceptors (Lipinski definition) is 2. The number of Topliss-reactive ketones (excluding diaryl/α,β-unsaturated/α-hetero) is 1. The van der Waals surface area contributed by atoms with Crippen LogP contribution in [0.1, 0.15) is 54.4 Å². The molecule has 0 bridgehead atoms. The number of hydrogen-bond donors (Lipinski definition) is 1. The molecule has 1 saturated carbocycles. The third kappa shape index (κ3) is 2.45. The fourth-order valence-electron chi connectivity index (χ4n) is 5.18. The summed E-state index contributed by atoms with van der Waals surface area (Å²) in [5.41, 5.74) is 3.08. The maximum Gasteiger partial charge on any atom is 0.163 e. The monoisotopic (exact) mass is 519 g/mol.